The Morgan fingerprint density at radius 2 is 1.74 bits per heavy atom. The second-order valence-electron chi connectivity index (χ2n) is 10.9. The SMILES string of the molecule is COCC(CCCNC(=O)OC(C)(C)C)NCC1(C)CCCN(C(=O)OC(C)(C)C)C1. The molecular weight excluding hydrogens is 398 g/mol. The summed E-state index contributed by atoms with van der Waals surface area (Å²) in [5.74, 6) is 0. The van der Waals surface area contributed by atoms with E-state index in [1.54, 1.807) is 7.11 Å². The Hall–Kier alpha value is -1.54. The van der Waals surface area contributed by atoms with Crippen LogP contribution in [0.25, 0.3) is 0 Å². The third kappa shape index (κ3) is 12.2. The van der Waals surface area contributed by atoms with Crippen molar-refractivity contribution in [3.8, 4) is 0 Å². The van der Waals surface area contributed by atoms with E-state index in [0.717, 1.165) is 38.8 Å². The Morgan fingerprint density at radius 1 is 1.10 bits per heavy atom. The van der Waals surface area contributed by atoms with Crippen molar-refractivity contribution in [2.45, 2.75) is 91.4 Å². The minimum atomic E-state index is -0.493. The summed E-state index contributed by atoms with van der Waals surface area (Å²) in [6.45, 7) is 16.8. The van der Waals surface area contributed by atoms with Crippen molar-refractivity contribution < 1.29 is 23.8 Å². The summed E-state index contributed by atoms with van der Waals surface area (Å²) < 4.78 is 16.2. The lowest BCUT2D eigenvalue weighted by atomic mass is 9.81. The quantitative estimate of drug-likeness (QED) is 0.525. The van der Waals surface area contributed by atoms with Crippen molar-refractivity contribution in [2.24, 2.45) is 5.41 Å². The van der Waals surface area contributed by atoms with Crippen LogP contribution >= 0.6 is 0 Å². The summed E-state index contributed by atoms with van der Waals surface area (Å²) in [4.78, 5) is 26.1. The Morgan fingerprint density at radius 3 is 2.32 bits per heavy atom. The molecule has 1 saturated heterocycles. The molecule has 1 aliphatic rings. The molecule has 0 spiro atoms. The van der Waals surface area contributed by atoms with Crippen LogP contribution in [0.15, 0.2) is 0 Å². The monoisotopic (exact) mass is 443 g/mol. The van der Waals surface area contributed by atoms with Crippen LogP contribution in [-0.4, -0.2) is 74.2 Å². The second kappa shape index (κ2) is 11.9. The zero-order chi connectivity index (χ0) is 23.7. The Balaban J connectivity index is 2.46. The number of likely N-dealkylation sites (tertiary alicyclic amines) is 1. The largest absolute Gasteiger partial charge is 0.444 e. The van der Waals surface area contributed by atoms with Crippen molar-refractivity contribution in [3.63, 3.8) is 0 Å². The first-order valence-corrected chi connectivity index (χ1v) is 11.4. The molecule has 8 heteroatoms. The van der Waals surface area contributed by atoms with E-state index in [0.29, 0.717) is 19.7 Å². The van der Waals surface area contributed by atoms with Gasteiger partial charge in [0.2, 0.25) is 0 Å². The number of piperidine rings is 1. The smallest absolute Gasteiger partial charge is 0.410 e. The predicted octanol–water partition coefficient (Wildman–Crippen LogP) is 3.93. The van der Waals surface area contributed by atoms with Gasteiger partial charge in [0.25, 0.3) is 0 Å². The van der Waals surface area contributed by atoms with Crippen LogP contribution in [0.3, 0.4) is 0 Å². The first-order chi connectivity index (χ1) is 14.2. The first kappa shape index (κ1) is 27.5. The van der Waals surface area contributed by atoms with Gasteiger partial charge in [-0.05, 0) is 72.6 Å². The maximum Gasteiger partial charge on any atom is 0.410 e. The van der Waals surface area contributed by atoms with Crippen LogP contribution in [0.4, 0.5) is 9.59 Å². The minimum absolute atomic E-state index is 0.0179. The molecule has 8 nitrogen and oxygen atoms in total. The molecule has 0 aromatic rings. The number of nitrogens with zero attached hydrogens (tertiary/aromatic N) is 1. The van der Waals surface area contributed by atoms with Crippen LogP contribution in [0, 0.1) is 5.41 Å². The lowest BCUT2D eigenvalue weighted by Gasteiger charge is -2.41. The van der Waals surface area contributed by atoms with Gasteiger partial charge in [-0.2, -0.15) is 0 Å². The maximum atomic E-state index is 12.5. The molecule has 0 bridgehead atoms. The second-order valence-corrected chi connectivity index (χ2v) is 10.9. The van der Waals surface area contributed by atoms with Gasteiger partial charge < -0.3 is 29.7 Å². The van der Waals surface area contributed by atoms with Crippen molar-refractivity contribution in [1.82, 2.24) is 15.5 Å². The zero-order valence-electron chi connectivity index (χ0n) is 20.9. The van der Waals surface area contributed by atoms with Gasteiger partial charge in [0.1, 0.15) is 11.2 Å². The summed E-state index contributed by atoms with van der Waals surface area (Å²) in [5, 5.41) is 6.42. The molecule has 2 atom stereocenters. The van der Waals surface area contributed by atoms with E-state index in [1.165, 1.54) is 0 Å². The van der Waals surface area contributed by atoms with Crippen molar-refractivity contribution >= 4 is 12.2 Å². The molecule has 1 aliphatic heterocycles. The lowest BCUT2D eigenvalue weighted by molar-refractivity contribution is 0.00596. The van der Waals surface area contributed by atoms with Crippen LogP contribution in [-0.2, 0) is 14.2 Å². The average Bonchev–Trinajstić information content (AvgIpc) is 2.60. The van der Waals surface area contributed by atoms with Gasteiger partial charge in [0.15, 0.2) is 0 Å². The van der Waals surface area contributed by atoms with Crippen LogP contribution < -0.4 is 10.6 Å². The fraction of sp³-hybridized carbons (Fsp3) is 0.913. The molecule has 182 valence electrons. The number of alkyl carbamates (subject to hydrolysis) is 1. The molecule has 0 aromatic heterocycles. The number of nitrogens with one attached hydrogen (secondary N) is 2. The fourth-order valence-corrected chi connectivity index (χ4v) is 3.63. The van der Waals surface area contributed by atoms with Crippen molar-refractivity contribution in [3.05, 3.63) is 0 Å². The molecule has 0 aliphatic carbocycles. The highest BCUT2D eigenvalue weighted by Gasteiger charge is 2.35. The van der Waals surface area contributed by atoms with Gasteiger partial charge in [-0.15, -0.1) is 0 Å². The molecule has 2 unspecified atom stereocenters. The van der Waals surface area contributed by atoms with E-state index in [-0.39, 0.29) is 23.6 Å². The van der Waals surface area contributed by atoms with Gasteiger partial charge in [-0.25, -0.2) is 9.59 Å². The highest BCUT2D eigenvalue weighted by molar-refractivity contribution is 5.68. The van der Waals surface area contributed by atoms with Gasteiger partial charge in [0.05, 0.1) is 6.61 Å². The normalized spacial score (nSPS) is 20.8. The van der Waals surface area contributed by atoms with Crippen LogP contribution in [0.1, 0.15) is 74.1 Å². The number of carbonyl (C=O) groups excluding carboxylic acids is 2. The summed E-state index contributed by atoms with van der Waals surface area (Å²) in [6, 6.07) is 0.180. The van der Waals surface area contributed by atoms with E-state index in [9.17, 15) is 9.59 Å². The van der Waals surface area contributed by atoms with Crippen LogP contribution in [0.5, 0.6) is 0 Å². The molecule has 31 heavy (non-hydrogen) atoms. The van der Waals surface area contributed by atoms with Gasteiger partial charge in [-0.1, -0.05) is 6.92 Å². The zero-order valence-corrected chi connectivity index (χ0v) is 20.9. The molecule has 1 rings (SSSR count). The maximum absolute atomic E-state index is 12.5. The van der Waals surface area contributed by atoms with E-state index in [2.05, 4.69) is 17.6 Å². The first-order valence-electron chi connectivity index (χ1n) is 11.4. The molecule has 1 heterocycles. The third-order valence-corrected chi connectivity index (χ3v) is 5.02. The van der Waals surface area contributed by atoms with E-state index in [1.807, 2.05) is 46.4 Å². The number of methoxy groups -OCH3 is 1. The topological polar surface area (TPSA) is 89.1 Å². The third-order valence-electron chi connectivity index (χ3n) is 5.02. The predicted molar refractivity (Wildman–Crippen MR) is 122 cm³/mol. The number of rotatable bonds is 9. The van der Waals surface area contributed by atoms with E-state index >= 15 is 0 Å². The fourth-order valence-electron chi connectivity index (χ4n) is 3.63. The van der Waals surface area contributed by atoms with Crippen molar-refractivity contribution in [2.75, 3.05) is 39.9 Å². The van der Waals surface area contributed by atoms with E-state index < -0.39 is 11.2 Å². The average molecular weight is 444 g/mol. The number of hydrogen-bond acceptors (Lipinski definition) is 6. The number of ether oxygens (including phenoxy) is 3. The molecule has 0 saturated carbocycles. The number of carbonyl (C=O) groups is 2. The summed E-state index contributed by atoms with van der Waals surface area (Å²) >= 11 is 0. The lowest BCUT2D eigenvalue weighted by Crippen LogP contribution is -2.51. The number of hydrogen-bond donors (Lipinski definition) is 2. The van der Waals surface area contributed by atoms with Gasteiger partial charge in [-0.3, -0.25) is 0 Å². The molecule has 2 amide bonds. The Kier molecular flexibility index (Phi) is 10.6. The van der Waals surface area contributed by atoms with Crippen LogP contribution in [0.2, 0.25) is 0 Å². The van der Waals surface area contributed by atoms with Crippen molar-refractivity contribution in [1.29, 1.82) is 0 Å². The molecule has 0 radical (unpaired) electrons. The molecule has 2 N–H and O–H groups in total. The van der Waals surface area contributed by atoms with Gasteiger partial charge >= 0.3 is 12.2 Å². The highest BCUT2D eigenvalue weighted by Crippen LogP contribution is 2.30. The van der Waals surface area contributed by atoms with Gasteiger partial charge in [0, 0.05) is 39.3 Å². The Labute approximate surface area is 188 Å². The number of amides is 2. The standard InChI is InChI=1S/C23H45N3O5/c1-21(2,3)30-19(27)24-13-9-11-18(15-29-8)25-16-23(7)12-10-14-26(17-23)20(28)31-22(4,5)6/h18,25H,9-17H2,1-8H3,(H,24,27). The molecule has 0 aromatic carbocycles. The Bertz CT molecular complexity index is 571. The minimum Gasteiger partial charge on any atom is -0.444 e. The van der Waals surface area contributed by atoms with E-state index in [4.69, 9.17) is 14.2 Å². The summed E-state index contributed by atoms with van der Waals surface area (Å²) in [6.07, 6.45) is 3.09. The molecular formula is C23H45N3O5. The summed E-state index contributed by atoms with van der Waals surface area (Å²) in [5.41, 5.74) is -0.997. The highest BCUT2D eigenvalue weighted by atomic mass is 16.6. The summed E-state index contributed by atoms with van der Waals surface area (Å²) in [7, 11) is 1.69. The molecule has 1 fully saturated rings.